The predicted octanol–water partition coefficient (Wildman–Crippen LogP) is 3.27. The number of aromatic nitrogens is 2. The summed E-state index contributed by atoms with van der Waals surface area (Å²) in [6, 6.07) is 6.00. The number of aryl methyl sites for hydroxylation is 2. The number of pyridine rings is 1. The second kappa shape index (κ2) is 6.94. The van der Waals surface area contributed by atoms with Gasteiger partial charge in [-0.1, -0.05) is 37.4 Å². The molecule has 0 unspecified atom stereocenters. The third-order valence-corrected chi connectivity index (χ3v) is 4.43. The van der Waals surface area contributed by atoms with E-state index < -0.39 is 0 Å². The van der Waals surface area contributed by atoms with Crippen LogP contribution in [0.2, 0.25) is 0 Å². The van der Waals surface area contributed by atoms with Crippen molar-refractivity contribution in [2.45, 2.75) is 58.4 Å². The lowest BCUT2D eigenvalue weighted by Gasteiger charge is -2.17. The topological polar surface area (TPSA) is 60.4 Å². The molecular formula is C18H23N3O2. The summed E-state index contributed by atoms with van der Waals surface area (Å²) in [5, 5.41) is 3.99. The summed E-state index contributed by atoms with van der Waals surface area (Å²) in [4.78, 5) is 17.8. The minimum atomic E-state index is -0.115. The molecule has 0 saturated heterocycles. The number of hydrogen-bond donors (Lipinski definition) is 0. The normalized spacial score (nSPS) is 16.7. The second-order valence-corrected chi connectivity index (χ2v) is 6.07. The Morgan fingerprint density at radius 2 is 2.13 bits per heavy atom. The van der Waals surface area contributed by atoms with Gasteiger partial charge in [0.15, 0.2) is 0 Å². The Labute approximate surface area is 136 Å². The maximum Gasteiger partial charge on any atom is 0.269 e. The summed E-state index contributed by atoms with van der Waals surface area (Å²) in [5.41, 5.74) is 1.98. The molecule has 0 N–H and O–H groups in total. The molecule has 0 aliphatic heterocycles. The van der Waals surface area contributed by atoms with E-state index in [1.807, 2.05) is 25.1 Å². The standard InChI is InChI=1S/C18H23N3O2/c1-3-15-17(13(2)23-20-15)18(22)21-12-8-7-11-16(21)19-14-9-5-4-6-10-14/h7-8,11-12,14H,3-6,9-10H2,1-2H3. The van der Waals surface area contributed by atoms with Gasteiger partial charge in [-0.15, -0.1) is 0 Å². The van der Waals surface area contributed by atoms with Gasteiger partial charge < -0.3 is 4.52 Å². The van der Waals surface area contributed by atoms with E-state index in [0.717, 1.165) is 12.8 Å². The van der Waals surface area contributed by atoms with Crippen LogP contribution in [0.15, 0.2) is 33.9 Å². The number of carbonyl (C=O) groups excluding carboxylic acids is 1. The van der Waals surface area contributed by atoms with Gasteiger partial charge in [0, 0.05) is 6.20 Å². The number of rotatable bonds is 3. The molecule has 0 bridgehead atoms. The minimum absolute atomic E-state index is 0.115. The summed E-state index contributed by atoms with van der Waals surface area (Å²) >= 11 is 0. The van der Waals surface area contributed by atoms with Crippen LogP contribution in [-0.2, 0) is 6.42 Å². The van der Waals surface area contributed by atoms with Gasteiger partial charge in [0.1, 0.15) is 16.8 Å². The molecule has 5 nitrogen and oxygen atoms in total. The van der Waals surface area contributed by atoms with Crippen molar-refractivity contribution in [1.82, 2.24) is 9.72 Å². The highest BCUT2D eigenvalue weighted by atomic mass is 16.5. The fourth-order valence-corrected chi connectivity index (χ4v) is 3.16. The zero-order valence-corrected chi connectivity index (χ0v) is 13.8. The van der Waals surface area contributed by atoms with Crippen LogP contribution >= 0.6 is 0 Å². The van der Waals surface area contributed by atoms with Crippen molar-refractivity contribution < 1.29 is 9.32 Å². The van der Waals surface area contributed by atoms with E-state index >= 15 is 0 Å². The zero-order chi connectivity index (χ0) is 16.2. The molecule has 1 aliphatic carbocycles. The maximum absolute atomic E-state index is 13.0. The van der Waals surface area contributed by atoms with E-state index in [-0.39, 0.29) is 5.91 Å². The van der Waals surface area contributed by atoms with E-state index in [1.165, 1.54) is 19.3 Å². The average Bonchev–Trinajstić information content (AvgIpc) is 2.96. The van der Waals surface area contributed by atoms with Crippen LogP contribution in [0, 0.1) is 6.92 Å². The molecule has 0 amide bonds. The van der Waals surface area contributed by atoms with E-state index in [9.17, 15) is 4.79 Å². The van der Waals surface area contributed by atoms with Gasteiger partial charge in [0.05, 0.1) is 11.7 Å². The molecule has 0 spiro atoms. The summed E-state index contributed by atoms with van der Waals surface area (Å²) in [5.74, 6) is 0.447. The van der Waals surface area contributed by atoms with E-state index in [0.29, 0.717) is 35.0 Å². The van der Waals surface area contributed by atoms with Crippen molar-refractivity contribution in [3.05, 3.63) is 46.9 Å². The van der Waals surface area contributed by atoms with Gasteiger partial charge in [0.25, 0.3) is 5.91 Å². The van der Waals surface area contributed by atoms with Gasteiger partial charge in [-0.25, -0.2) is 0 Å². The molecule has 5 heteroatoms. The van der Waals surface area contributed by atoms with Gasteiger partial charge in [-0.05, 0) is 38.3 Å². The first-order valence-corrected chi connectivity index (χ1v) is 8.42. The molecule has 0 atom stereocenters. The highest BCUT2D eigenvalue weighted by Crippen LogP contribution is 2.20. The molecule has 2 aromatic heterocycles. The first-order chi connectivity index (χ1) is 11.2. The molecule has 1 fully saturated rings. The molecule has 2 heterocycles. The largest absolute Gasteiger partial charge is 0.361 e. The molecular weight excluding hydrogens is 290 g/mol. The summed E-state index contributed by atoms with van der Waals surface area (Å²) in [6.45, 7) is 3.75. The van der Waals surface area contributed by atoms with Crippen LogP contribution in [0.3, 0.4) is 0 Å². The predicted molar refractivity (Wildman–Crippen MR) is 87.2 cm³/mol. The smallest absolute Gasteiger partial charge is 0.269 e. The zero-order valence-electron chi connectivity index (χ0n) is 13.8. The highest BCUT2D eigenvalue weighted by Gasteiger charge is 2.21. The van der Waals surface area contributed by atoms with Crippen LogP contribution in [-0.4, -0.2) is 21.7 Å². The number of hydrogen-bond acceptors (Lipinski definition) is 4. The SMILES string of the molecule is CCc1noc(C)c1C(=O)n1ccccc1=NC1CCCCC1. The summed E-state index contributed by atoms with van der Waals surface area (Å²) < 4.78 is 6.82. The molecule has 23 heavy (non-hydrogen) atoms. The van der Waals surface area contributed by atoms with Crippen LogP contribution in [0.4, 0.5) is 0 Å². The highest BCUT2D eigenvalue weighted by molar-refractivity contribution is 5.97. The lowest BCUT2D eigenvalue weighted by atomic mass is 9.96. The lowest BCUT2D eigenvalue weighted by molar-refractivity contribution is 0.0952. The molecule has 0 radical (unpaired) electrons. The Balaban J connectivity index is 2.01. The van der Waals surface area contributed by atoms with Crippen LogP contribution < -0.4 is 5.49 Å². The van der Waals surface area contributed by atoms with Crippen LogP contribution in [0.5, 0.6) is 0 Å². The monoisotopic (exact) mass is 313 g/mol. The molecule has 1 aliphatic rings. The van der Waals surface area contributed by atoms with Crippen LogP contribution in [0.25, 0.3) is 0 Å². The molecule has 2 aromatic rings. The van der Waals surface area contributed by atoms with Gasteiger partial charge in [-0.2, -0.15) is 0 Å². The number of nitrogens with zero attached hydrogens (tertiary/aromatic N) is 3. The molecule has 3 rings (SSSR count). The van der Waals surface area contributed by atoms with Crippen molar-refractivity contribution in [2.75, 3.05) is 0 Å². The van der Waals surface area contributed by atoms with E-state index in [4.69, 9.17) is 9.52 Å². The maximum atomic E-state index is 13.0. The minimum Gasteiger partial charge on any atom is -0.361 e. The third kappa shape index (κ3) is 3.28. The fraction of sp³-hybridized carbons (Fsp3) is 0.500. The molecule has 122 valence electrons. The molecule has 1 saturated carbocycles. The summed E-state index contributed by atoms with van der Waals surface area (Å²) in [6.07, 6.45) is 8.39. The van der Waals surface area contributed by atoms with E-state index in [1.54, 1.807) is 17.7 Å². The second-order valence-electron chi connectivity index (χ2n) is 6.07. The first kappa shape index (κ1) is 15.7. The van der Waals surface area contributed by atoms with Crippen LogP contribution in [0.1, 0.15) is 60.8 Å². The Hall–Kier alpha value is -2.17. The van der Waals surface area contributed by atoms with Gasteiger partial charge in [0.2, 0.25) is 0 Å². The Morgan fingerprint density at radius 1 is 1.35 bits per heavy atom. The molecule has 0 aromatic carbocycles. The number of carbonyl (C=O) groups is 1. The van der Waals surface area contributed by atoms with Gasteiger partial charge in [-0.3, -0.25) is 14.4 Å². The third-order valence-electron chi connectivity index (χ3n) is 4.43. The van der Waals surface area contributed by atoms with Crippen molar-refractivity contribution in [3.8, 4) is 0 Å². The quantitative estimate of drug-likeness (QED) is 0.873. The van der Waals surface area contributed by atoms with Crippen molar-refractivity contribution in [3.63, 3.8) is 0 Å². The lowest BCUT2D eigenvalue weighted by Crippen LogP contribution is -2.30. The van der Waals surface area contributed by atoms with E-state index in [2.05, 4.69) is 5.16 Å². The fourth-order valence-electron chi connectivity index (χ4n) is 3.16. The first-order valence-electron chi connectivity index (χ1n) is 8.42. The van der Waals surface area contributed by atoms with Crippen molar-refractivity contribution in [1.29, 1.82) is 0 Å². The van der Waals surface area contributed by atoms with Gasteiger partial charge >= 0.3 is 0 Å². The van der Waals surface area contributed by atoms with Crippen molar-refractivity contribution >= 4 is 5.91 Å². The Bertz CT molecular complexity index is 752. The summed E-state index contributed by atoms with van der Waals surface area (Å²) in [7, 11) is 0. The Morgan fingerprint density at radius 3 is 2.87 bits per heavy atom. The average molecular weight is 313 g/mol. The van der Waals surface area contributed by atoms with Crippen molar-refractivity contribution in [2.24, 2.45) is 4.99 Å². The Kier molecular flexibility index (Phi) is 4.74.